The third kappa shape index (κ3) is 3.79. The van der Waals surface area contributed by atoms with Crippen LogP contribution in [-0.2, 0) is 16.1 Å². The van der Waals surface area contributed by atoms with E-state index in [0.717, 1.165) is 5.56 Å². The Labute approximate surface area is 126 Å². The number of methoxy groups -OCH3 is 1. The van der Waals surface area contributed by atoms with Crippen molar-refractivity contribution >= 4 is 23.5 Å². The Kier molecular flexibility index (Phi) is 4.90. The molecule has 0 saturated heterocycles. The number of ether oxygens (including phenoxy) is 2. The van der Waals surface area contributed by atoms with Crippen LogP contribution in [0.5, 0.6) is 0 Å². The molecule has 0 bridgehead atoms. The third-order valence-corrected chi connectivity index (χ3v) is 3.03. The van der Waals surface area contributed by atoms with Crippen molar-refractivity contribution in [1.82, 2.24) is 4.98 Å². The molecule has 2 rings (SSSR count). The molecule has 6 heteroatoms. The van der Waals surface area contributed by atoms with Crippen LogP contribution in [0.1, 0.15) is 26.3 Å². The molecule has 5 nitrogen and oxygen atoms in total. The van der Waals surface area contributed by atoms with Crippen LogP contribution in [0.15, 0.2) is 42.6 Å². The second-order valence-corrected chi connectivity index (χ2v) is 4.46. The lowest BCUT2D eigenvalue weighted by molar-refractivity contribution is 0.0471. The summed E-state index contributed by atoms with van der Waals surface area (Å²) in [5, 5.41) is 0.100. The Morgan fingerprint density at radius 1 is 1.14 bits per heavy atom. The van der Waals surface area contributed by atoms with Gasteiger partial charge in [0.15, 0.2) is 0 Å². The van der Waals surface area contributed by atoms with E-state index in [9.17, 15) is 9.59 Å². The van der Waals surface area contributed by atoms with Gasteiger partial charge in [0.25, 0.3) is 0 Å². The van der Waals surface area contributed by atoms with E-state index >= 15 is 0 Å². The molecule has 0 N–H and O–H groups in total. The molecular formula is C15H12ClNO4. The molecule has 2 aromatic rings. The van der Waals surface area contributed by atoms with Crippen LogP contribution in [-0.4, -0.2) is 24.0 Å². The lowest BCUT2D eigenvalue weighted by Crippen LogP contribution is -2.07. The number of benzene rings is 1. The summed E-state index contributed by atoms with van der Waals surface area (Å²) >= 11 is 5.81. The fourth-order valence-electron chi connectivity index (χ4n) is 1.62. The average molecular weight is 306 g/mol. The van der Waals surface area contributed by atoms with Gasteiger partial charge in [-0.3, -0.25) is 0 Å². The summed E-state index contributed by atoms with van der Waals surface area (Å²) in [4.78, 5) is 26.9. The highest BCUT2D eigenvalue weighted by Gasteiger charge is 2.12. The number of rotatable bonds is 4. The van der Waals surface area contributed by atoms with E-state index in [1.807, 2.05) is 0 Å². The zero-order valence-corrected chi connectivity index (χ0v) is 12.0. The van der Waals surface area contributed by atoms with Crippen LogP contribution in [0.4, 0.5) is 0 Å². The van der Waals surface area contributed by atoms with Crippen LogP contribution in [0, 0.1) is 0 Å². The van der Waals surface area contributed by atoms with E-state index < -0.39 is 11.9 Å². The maximum absolute atomic E-state index is 11.8. The molecule has 0 saturated carbocycles. The van der Waals surface area contributed by atoms with Crippen molar-refractivity contribution in [2.24, 2.45) is 0 Å². The van der Waals surface area contributed by atoms with Gasteiger partial charge in [0.05, 0.1) is 18.2 Å². The Bertz CT molecular complexity index is 655. The Morgan fingerprint density at radius 2 is 1.86 bits per heavy atom. The van der Waals surface area contributed by atoms with Gasteiger partial charge in [-0.2, -0.15) is 0 Å². The van der Waals surface area contributed by atoms with Crippen LogP contribution >= 0.6 is 11.6 Å². The molecule has 0 fully saturated rings. The van der Waals surface area contributed by atoms with E-state index in [1.54, 1.807) is 30.3 Å². The zero-order chi connectivity index (χ0) is 15.2. The predicted molar refractivity (Wildman–Crippen MR) is 76.1 cm³/mol. The van der Waals surface area contributed by atoms with Crippen molar-refractivity contribution in [3.05, 3.63) is 64.4 Å². The SMILES string of the molecule is COC(=O)c1ccc(COC(=O)c2cccnc2Cl)cc1. The molecule has 0 atom stereocenters. The number of nitrogens with zero attached hydrogens (tertiary/aromatic N) is 1. The van der Waals surface area contributed by atoms with Gasteiger partial charge < -0.3 is 9.47 Å². The monoisotopic (exact) mass is 305 g/mol. The normalized spacial score (nSPS) is 10.0. The maximum Gasteiger partial charge on any atom is 0.341 e. The van der Waals surface area contributed by atoms with Crippen molar-refractivity contribution in [2.75, 3.05) is 7.11 Å². The second-order valence-electron chi connectivity index (χ2n) is 4.11. The third-order valence-electron chi connectivity index (χ3n) is 2.72. The molecule has 0 unspecified atom stereocenters. The van der Waals surface area contributed by atoms with Gasteiger partial charge in [0.1, 0.15) is 11.8 Å². The summed E-state index contributed by atoms with van der Waals surface area (Å²) in [5.74, 6) is -0.967. The summed E-state index contributed by atoms with van der Waals surface area (Å²) in [6, 6.07) is 9.72. The van der Waals surface area contributed by atoms with Crippen molar-refractivity contribution in [2.45, 2.75) is 6.61 Å². The van der Waals surface area contributed by atoms with Crippen LogP contribution in [0.2, 0.25) is 5.15 Å². The van der Waals surface area contributed by atoms with E-state index in [1.165, 1.54) is 19.4 Å². The predicted octanol–water partition coefficient (Wildman–Crippen LogP) is 2.88. The number of carbonyl (C=O) groups excluding carboxylic acids is 2. The minimum Gasteiger partial charge on any atom is -0.465 e. The van der Waals surface area contributed by atoms with Crippen molar-refractivity contribution < 1.29 is 19.1 Å². The molecule has 0 aliphatic rings. The summed E-state index contributed by atoms with van der Waals surface area (Å²) in [7, 11) is 1.32. The molecule has 1 aromatic carbocycles. The highest BCUT2D eigenvalue weighted by molar-refractivity contribution is 6.32. The van der Waals surface area contributed by atoms with Gasteiger partial charge in [-0.05, 0) is 29.8 Å². The Balaban J connectivity index is 1.99. The fraction of sp³-hybridized carbons (Fsp3) is 0.133. The minimum absolute atomic E-state index is 0.0749. The largest absolute Gasteiger partial charge is 0.465 e. The van der Waals surface area contributed by atoms with E-state index in [4.69, 9.17) is 16.3 Å². The summed E-state index contributed by atoms with van der Waals surface area (Å²) in [6.45, 7) is 0.0749. The molecule has 1 aromatic heterocycles. The molecule has 0 aliphatic carbocycles. The number of hydrogen-bond acceptors (Lipinski definition) is 5. The van der Waals surface area contributed by atoms with Gasteiger partial charge in [-0.15, -0.1) is 0 Å². The van der Waals surface area contributed by atoms with Crippen molar-refractivity contribution in [1.29, 1.82) is 0 Å². The molecule has 1 heterocycles. The van der Waals surface area contributed by atoms with Gasteiger partial charge in [0.2, 0.25) is 0 Å². The number of halogens is 1. The first-order chi connectivity index (χ1) is 10.1. The van der Waals surface area contributed by atoms with Crippen LogP contribution < -0.4 is 0 Å². The first-order valence-electron chi connectivity index (χ1n) is 6.06. The molecule has 21 heavy (non-hydrogen) atoms. The highest BCUT2D eigenvalue weighted by atomic mass is 35.5. The van der Waals surface area contributed by atoms with Crippen LogP contribution in [0.25, 0.3) is 0 Å². The van der Waals surface area contributed by atoms with E-state index in [-0.39, 0.29) is 17.3 Å². The van der Waals surface area contributed by atoms with Crippen LogP contribution in [0.3, 0.4) is 0 Å². The summed E-state index contributed by atoms with van der Waals surface area (Å²) in [5.41, 5.74) is 1.39. The molecule has 0 amide bonds. The first kappa shape index (κ1) is 15.0. The topological polar surface area (TPSA) is 65.5 Å². The smallest absolute Gasteiger partial charge is 0.341 e. The van der Waals surface area contributed by atoms with Crippen molar-refractivity contribution in [3.63, 3.8) is 0 Å². The average Bonchev–Trinajstić information content (AvgIpc) is 2.52. The zero-order valence-electron chi connectivity index (χ0n) is 11.2. The number of hydrogen-bond donors (Lipinski definition) is 0. The quantitative estimate of drug-likeness (QED) is 0.642. The standard InChI is InChI=1S/C15H12ClNO4/c1-20-14(18)11-6-4-10(5-7-11)9-21-15(19)12-3-2-8-17-13(12)16/h2-8H,9H2,1H3. The lowest BCUT2D eigenvalue weighted by atomic mass is 10.1. The highest BCUT2D eigenvalue weighted by Crippen LogP contribution is 2.14. The number of aromatic nitrogens is 1. The van der Waals surface area contributed by atoms with E-state index in [0.29, 0.717) is 5.56 Å². The molecule has 0 radical (unpaired) electrons. The second kappa shape index (κ2) is 6.85. The lowest BCUT2D eigenvalue weighted by Gasteiger charge is -2.06. The molecule has 0 spiro atoms. The number of carbonyl (C=O) groups is 2. The number of pyridine rings is 1. The Hall–Kier alpha value is -2.40. The van der Waals surface area contributed by atoms with Gasteiger partial charge in [-0.1, -0.05) is 23.7 Å². The summed E-state index contributed by atoms with van der Waals surface area (Å²) in [6.07, 6.45) is 1.49. The van der Waals surface area contributed by atoms with Gasteiger partial charge >= 0.3 is 11.9 Å². The minimum atomic E-state index is -0.551. The van der Waals surface area contributed by atoms with Crippen molar-refractivity contribution in [3.8, 4) is 0 Å². The number of esters is 2. The maximum atomic E-state index is 11.8. The Morgan fingerprint density at radius 3 is 2.48 bits per heavy atom. The first-order valence-corrected chi connectivity index (χ1v) is 6.44. The molecule has 108 valence electrons. The van der Waals surface area contributed by atoms with Gasteiger partial charge in [0, 0.05) is 6.20 Å². The molecule has 0 aliphatic heterocycles. The fourth-order valence-corrected chi connectivity index (χ4v) is 1.82. The van der Waals surface area contributed by atoms with E-state index in [2.05, 4.69) is 9.72 Å². The summed E-state index contributed by atoms with van der Waals surface area (Å²) < 4.78 is 9.74. The van der Waals surface area contributed by atoms with Gasteiger partial charge in [-0.25, -0.2) is 14.6 Å². The molecular weight excluding hydrogens is 294 g/mol.